The molecule has 0 fully saturated rings. The Kier molecular flexibility index (Phi) is 5.34. The molecule has 2 aromatic rings. The van der Waals surface area contributed by atoms with Crippen LogP contribution in [-0.4, -0.2) is 20.0 Å². The van der Waals surface area contributed by atoms with Gasteiger partial charge in [0.15, 0.2) is 0 Å². The standard InChI is InChI=1S/C19H24N2O/c1-14-9-10-16(11-15(14)2)19(22)20-12-17-7-5-6-8-18(17)13-21(3)4/h5-11H,12-13H2,1-4H3,(H,20,22)/p+1. The summed E-state index contributed by atoms with van der Waals surface area (Å²) in [7, 11) is 4.26. The average Bonchev–Trinajstić information content (AvgIpc) is 2.48. The number of quaternary nitrogens is 1. The highest BCUT2D eigenvalue weighted by molar-refractivity contribution is 5.94. The molecular weight excluding hydrogens is 272 g/mol. The zero-order valence-corrected chi connectivity index (χ0v) is 13.9. The summed E-state index contributed by atoms with van der Waals surface area (Å²) in [4.78, 5) is 13.7. The van der Waals surface area contributed by atoms with Crippen molar-refractivity contribution >= 4 is 5.91 Å². The van der Waals surface area contributed by atoms with Crippen LogP contribution in [0, 0.1) is 13.8 Å². The van der Waals surface area contributed by atoms with Crippen molar-refractivity contribution in [1.29, 1.82) is 0 Å². The molecule has 2 N–H and O–H groups in total. The van der Waals surface area contributed by atoms with E-state index in [1.807, 2.05) is 37.3 Å². The van der Waals surface area contributed by atoms with Crippen LogP contribution in [-0.2, 0) is 13.1 Å². The smallest absolute Gasteiger partial charge is 0.251 e. The highest BCUT2D eigenvalue weighted by Gasteiger charge is 2.09. The normalized spacial score (nSPS) is 10.8. The lowest BCUT2D eigenvalue weighted by Crippen LogP contribution is -3.04. The van der Waals surface area contributed by atoms with Gasteiger partial charge in [0.25, 0.3) is 5.91 Å². The largest absolute Gasteiger partial charge is 0.348 e. The van der Waals surface area contributed by atoms with Crippen molar-refractivity contribution < 1.29 is 9.69 Å². The Morgan fingerprint density at radius 3 is 2.32 bits per heavy atom. The van der Waals surface area contributed by atoms with Crippen LogP contribution in [0.4, 0.5) is 0 Å². The molecule has 3 nitrogen and oxygen atoms in total. The van der Waals surface area contributed by atoms with Crippen LogP contribution in [0.25, 0.3) is 0 Å². The fourth-order valence-corrected chi connectivity index (χ4v) is 2.44. The first-order valence-electron chi connectivity index (χ1n) is 7.68. The van der Waals surface area contributed by atoms with Gasteiger partial charge in [0.05, 0.1) is 14.1 Å². The van der Waals surface area contributed by atoms with Gasteiger partial charge in [-0.1, -0.05) is 30.3 Å². The maximum absolute atomic E-state index is 12.3. The van der Waals surface area contributed by atoms with Gasteiger partial charge in [-0.2, -0.15) is 0 Å². The monoisotopic (exact) mass is 297 g/mol. The molecule has 0 aromatic heterocycles. The van der Waals surface area contributed by atoms with Crippen molar-refractivity contribution in [3.8, 4) is 0 Å². The van der Waals surface area contributed by atoms with Gasteiger partial charge in [-0.25, -0.2) is 0 Å². The summed E-state index contributed by atoms with van der Waals surface area (Å²) in [5.41, 5.74) is 5.53. The van der Waals surface area contributed by atoms with Gasteiger partial charge in [-0.05, 0) is 42.7 Å². The third-order valence-corrected chi connectivity index (χ3v) is 3.87. The van der Waals surface area contributed by atoms with Crippen molar-refractivity contribution in [3.63, 3.8) is 0 Å². The number of carbonyl (C=O) groups is 1. The molecule has 0 aliphatic carbocycles. The van der Waals surface area contributed by atoms with E-state index in [0.29, 0.717) is 6.54 Å². The molecule has 22 heavy (non-hydrogen) atoms. The summed E-state index contributed by atoms with van der Waals surface area (Å²) < 4.78 is 0. The van der Waals surface area contributed by atoms with Crippen LogP contribution in [0.2, 0.25) is 0 Å². The van der Waals surface area contributed by atoms with Crippen molar-refractivity contribution in [2.45, 2.75) is 26.9 Å². The van der Waals surface area contributed by atoms with Crippen molar-refractivity contribution in [2.75, 3.05) is 14.1 Å². The zero-order chi connectivity index (χ0) is 16.1. The second-order valence-electron chi connectivity index (χ2n) is 6.13. The Hall–Kier alpha value is -2.13. The molecule has 0 radical (unpaired) electrons. The number of benzene rings is 2. The Balaban J connectivity index is 2.06. The Bertz CT molecular complexity index is 662. The van der Waals surface area contributed by atoms with Crippen LogP contribution < -0.4 is 10.2 Å². The minimum atomic E-state index is -0.0184. The predicted molar refractivity (Wildman–Crippen MR) is 90.0 cm³/mol. The lowest BCUT2D eigenvalue weighted by molar-refractivity contribution is -0.872. The number of hydrogen-bond acceptors (Lipinski definition) is 1. The van der Waals surface area contributed by atoms with E-state index in [-0.39, 0.29) is 5.91 Å². The number of carbonyl (C=O) groups excluding carboxylic acids is 1. The zero-order valence-electron chi connectivity index (χ0n) is 13.9. The van der Waals surface area contributed by atoms with E-state index >= 15 is 0 Å². The van der Waals surface area contributed by atoms with E-state index in [9.17, 15) is 4.79 Å². The third-order valence-electron chi connectivity index (χ3n) is 3.87. The Morgan fingerprint density at radius 1 is 1.00 bits per heavy atom. The summed E-state index contributed by atoms with van der Waals surface area (Å²) in [6.45, 7) is 5.60. The lowest BCUT2D eigenvalue weighted by atomic mass is 10.0. The van der Waals surface area contributed by atoms with Gasteiger partial charge in [-0.3, -0.25) is 4.79 Å². The van der Waals surface area contributed by atoms with E-state index in [1.165, 1.54) is 21.6 Å². The summed E-state index contributed by atoms with van der Waals surface area (Å²) in [5, 5.41) is 3.03. The van der Waals surface area contributed by atoms with Crippen molar-refractivity contribution in [2.24, 2.45) is 0 Å². The van der Waals surface area contributed by atoms with Crippen LogP contribution in [0.15, 0.2) is 42.5 Å². The number of amides is 1. The molecular formula is C19H25N2O+. The average molecular weight is 297 g/mol. The van der Waals surface area contributed by atoms with Crippen molar-refractivity contribution in [1.82, 2.24) is 5.32 Å². The van der Waals surface area contributed by atoms with E-state index in [4.69, 9.17) is 0 Å². The fourth-order valence-electron chi connectivity index (χ4n) is 2.44. The number of aryl methyl sites for hydroxylation is 2. The second kappa shape index (κ2) is 7.23. The minimum Gasteiger partial charge on any atom is -0.348 e. The van der Waals surface area contributed by atoms with Crippen LogP contribution >= 0.6 is 0 Å². The predicted octanol–water partition coefficient (Wildman–Crippen LogP) is 1.88. The Morgan fingerprint density at radius 2 is 1.68 bits per heavy atom. The molecule has 0 saturated carbocycles. The third kappa shape index (κ3) is 4.18. The van der Waals surface area contributed by atoms with Gasteiger partial charge in [0.2, 0.25) is 0 Å². The van der Waals surface area contributed by atoms with E-state index in [1.54, 1.807) is 0 Å². The summed E-state index contributed by atoms with van der Waals surface area (Å²) in [6.07, 6.45) is 0. The fraction of sp³-hybridized carbons (Fsp3) is 0.316. The second-order valence-corrected chi connectivity index (χ2v) is 6.13. The molecule has 2 rings (SSSR count). The van der Waals surface area contributed by atoms with Crippen LogP contribution in [0.3, 0.4) is 0 Å². The van der Waals surface area contributed by atoms with Gasteiger partial charge in [0, 0.05) is 17.7 Å². The van der Waals surface area contributed by atoms with Gasteiger partial charge in [0.1, 0.15) is 6.54 Å². The summed E-state index contributed by atoms with van der Waals surface area (Å²) >= 11 is 0. The van der Waals surface area contributed by atoms with Crippen LogP contribution in [0.5, 0.6) is 0 Å². The molecule has 0 bridgehead atoms. The molecule has 0 atom stereocenters. The lowest BCUT2D eigenvalue weighted by Gasteiger charge is -2.13. The molecule has 0 heterocycles. The first-order chi connectivity index (χ1) is 10.5. The summed E-state index contributed by atoms with van der Waals surface area (Å²) in [6, 6.07) is 14.1. The molecule has 0 unspecified atom stereocenters. The van der Waals surface area contributed by atoms with Crippen LogP contribution in [0.1, 0.15) is 32.6 Å². The molecule has 1 amide bonds. The van der Waals surface area contributed by atoms with Crippen molar-refractivity contribution in [3.05, 3.63) is 70.3 Å². The van der Waals surface area contributed by atoms with E-state index < -0.39 is 0 Å². The van der Waals surface area contributed by atoms with Gasteiger partial charge in [-0.15, -0.1) is 0 Å². The van der Waals surface area contributed by atoms with E-state index in [0.717, 1.165) is 17.7 Å². The maximum atomic E-state index is 12.3. The SMILES string of the molecule is Cc1ccc(C(=O)NCc2ccccc2C[NH+](C)C)cc1C. The van der Waals surface area contributed by atoms with Gasteiger partial charge < -0.3 is 10.2 Å². The van der Waals surface area contributed by atoms with Gasteiger partial charge >= 0.3 is 0 Å². The minimum absolute atomic E-state index is 0.0184. The molecule has 0 aliphatic heterocycles. The Labute approximate surface area is 133 Å². The quantitative estimate of drug-likeness (QED) is 0.868. The molecule has 2 aromatic carbocycles. The molecule has 3 heteroatoms. The molecule has 0 saturated heterocycles. The molecule has 0 spiro atoms. The number of nitrogens with one attached hydrogen (secondary N) is 2. The van der Waals surface area contributed by atoms with E-state index in [2.05, 4.69) is 38.5 Å². The highest BCUT2D eigenvalue weighted by atomic mass is 16.1. The number of hydrogen-bond donors (Lipinski definition) is 2. The molecule has 116 valence electrons. The maximum Gasteiger partial charge on any atom is 0.251 e. The first-order valence-corrected chi connectivity index (χ1v) is 7.68. The highest BCUT2D eigenvalue weighted by Crippen LogP contribution is 2.11. The first kappa shape index (κ1) is 16.2. The molecule has 0 aliphatic rings. The topological polar surface area (TPSA) is 33.5 Å². The number of rotatable bonds is 5. The summed E-state index contributed by atoms with van der Waals surface area (Å²) in [5.74, 6) is -0.0184.